The molecule has 6 heteroatoms. The normalized spacial score (nSPS) is 15.5. The number of carbonyl (C=O) groups excluding carboxylic acids is 2. The fourth-order valence-corrected chi connectivity index (χ4v) is 3.71. The maximum atomic E-state index is 13.0. The third-order valence-electron chi connectivity index (χ3n) is 5.45. The summed E-state index contributed by atoms with van der Waals surface area (Å²) < 4.78 is 5.39. The van der Waals surface area contributed by atoms with Crippen molar-refractivity contribution in [2.45, 2.75) is 39.8 Å². The molecule has 1 aliphatic rings. The van der Waals surface area contributed by atoms with Crippen LogP contribution in [-0.2, 0) is 16.1 Å². The van der Waals surface area contributed by atoms with Crippen LogP contribution in [0.5, 0.6) is 0 Å². The van der Waals surface area contributed by atoms with Crippen LogP contribution >= 0.6 is 0 Å². The van der Waals surface area contributed by atoms with E-state index in [0.29, 0.717) is 12.0 Å². The lowest BCUT2D eigenvalue weighted by atomic mass is 10.0. The van der Waals surface area contributed by atoms with Crippen molar-refractivity contribution in [3.8, 4) is 0 Å². The van der Waals surface area contributed by atoms with E-state index in [9.17, 15) is 9.59 Å². The Hall–Kier alpha value is -2.70. The molecule has 1 atom stereocenters. The second-order valence-electron chi connectivity index (χ2n) is 8.55. The number of morpholine rings is 1. The maximum absolute atomic E-state index is 13.0. The molecule has 3 rings (SSSR count). The van der Waals surface area contributed by atoms with Gasteiger partial charge in [0.05, 0.1) is 13.2 Å². The molecule has 1 fully saturated rings. The monoisotopic (exact) mass is 423 g/mol. The molecule has 0 radical (unpaired) electrons. The number of carbonyl (C=O) groups is 2. The van der Waals surface area contributed by atoms with Gasteiger partial charge < -0.3 is 15.4 Å². The van der Waals surface area contributed by atoms with Crippen molar-refractivity contribution in [2.24, 2.45) is 5.92 Å². The van der Waals surface area contributed by atoms with Gasteiger partial charge in [0.25, 0.3) is 5.91 Å². The van der Waals surface area contributed by atoms with Gasteiger partial charge >= 0.3 is 0 Å². The first-order chi connectivity index (χ1) is 14.9. The quantitative estimate of drug-likeness (QED) is 0.681. The molecule has 166 valence electrons. The topological polar surface area (TPSA) is 70.7 Å². The van der Waals surface area contributed by atoms with E-state index >= 15 is 0 Å². The van der Waals surface area contributed by atoms with E-state index in [-0.39, 0.29) is 17.7 Å². The van der Waals surface area contributed by atoms with Crippen LogP contribution in [0.2, 0.25) is 0 Å². The van der Waals surface area contributed by atoms with E-state index in [0.717, 1.165) is 44.1 Å². The molecule has 1 heterocycles. The molecule has 2 aromatic rings. The number of nitrogens with zero attached hydrogens (tertiary/aromatic N) is 1. The highest BCUT2D eigenvalue weighted by Gasteiger charge is 2.23. The number of hydrogen-bond acceptors (Lipinski definition) is 4. The third-order valence-corrected chi connectivity index (χ3v) is 5.45. The number of amides is 2. The van der Waals surface area contributed by atoms with Crippen LogP contribution < -0.4 is 10.6 Å². The molecule has 0 aromatic heterocycles. The smallest absolute Gasteiger partial charge is 0.252 e. The number of nitrogens with one attached hydrogen (secondary N) is 2. The summed E-state index contributed by atoms with van der Waals surface area (Å²) in [7, 11) is 0. The Morgan fingerprint density at radius 2 is 1.71 bits per heavy atom. The Bertz CT molecular complexity index is 874. The Morgan fingerprint density at radius 3 is 2.35 bits per heavy atom. The molecular weight excluding hydrogens is 390 g/mol. The lowest BCUT2D eigenvalue weighted by molar-refractivity contribution is -0.118. The molecular formula is C25H33N3O3. The van der Waals surface area contributed by atoms with Crippen molar-refractivity contribution in [2.75, 3.05) is 31.6 Å². The molecule has 0 saturated carbocycles. The number of benzene rings is 2. The first kappa shape index (κ1) is 23.0. The van der Waals surface area contributed by atoms with Crippen molar-refractivity contribution in [3.05, 3.63) is 65.2 Å². The van der Waals surface area contributed by atoms with E-state index in [2.05, 4.69) is 15.5 Å². The minimum absolute atomic E-state index is 0.198. The number of rotatable bonds is 8. The summed E-state index contributed by atoms with van der Waals surface area (Å²) in [6.07, 6.45) is 0.568. The molecule has 2 amide bonds. The average Bonchev–Trinajstić information content (AvgIpc) is 2.75. The van der Waals surface area contributed by atoms with E-state index in [1.807, 2.05) is 63.2 Å². The van der Waals surface area contributed by atoms with Crippen molar-refractivity contribution >= 4 is 17.5 Å². The van der Waals surface area contributed by atoms with E-state index in [1.165, 1.54) is 5.56 Å². The fraction of sp³-hybridized carbons (Fsp3) is 0.440. The van der Waals surface area contributed by atoms with Crippen LogP contribution in [0, 0.1) is 12.8 Å². The summed E-state index contributed by atoms with van der Waals surface area (Å²) in [6, 6.07) is 14.7. The molecule has 2 N–H and O–H groups in total. The van der Waals surface area contributed by atoms with E-state index < -0.39 is 6.04 Å². The molecule has 6 nitrogen and oxygen atoms in total. The first-order valence-corrected chi connectivity index (χ1v) is 11.0. The molecule has 0 unspecified atom stereocenters. The van der Waals surface area contributed by atoms with Gasteiger partial charge in [-0.3, -0.25) is 14.5 Å². The van der Waals surface area contributed by atoms with Crippen LogP contribution in [0.4, 0.5) is 5.69 Å². The molecule has 0 bridgehead atoms. The summed E-state index contributed by atoms with van der Waals surface area (Å²) in [6.45, 7) is 10.3. The van der Waals surface area contributed by atoms with Gasteiger partial charge in [-0.25, -0.2) is 0 Å². The van der Waals surface area contributed by atoms with Gasteiger partial charge in [-0.05, 0) is 48.6 Å². The zero-order valence-electron chi connectivity index (χ0n) is 18.7. The van der Waals surface area contributed by atoms with Crippen LogP contribution in [-0.4, -0.2) is 49.1 Å². The first-order valence-electron chi connectivity index (χ1n) is 11.0. The molecule has 1 saturated heterocycles. The van der Waals surface area contributed by atoms with E-state index in [1.54, 1.807) is 6.07 Å². The van der Waals surface area contributed by atoms with Crippen molar-refractivity contribution in [1.82, 2.24) is 10.2 Å². The molecule has 0 aliphatic carbocycles. The molecule has 2 aromatic carbocycles. The highest BCUT2D eigenvalue weighted by Crippen LogP contribution is 2.15. The van der Waals surface area contributed by atoms with Gasteiger partial charge in [-0.1, -0.05) is 44.2 Å². The van der Waals surface area contributed by atoms with Crippen LogP contribution in [0.1, 0.15) is 41.8 Å². The summed E-state index contributed by atoms with van der Waals surface area (Å²) >= 11 is 0. The van der Waals surface area contributed by atoms with Crippen LogP contribution in [0.25, 0.3) is 0 Å². The average molecular weight is 424 g/mol. The second kappa shape index (κ2) is 11.1. The molecule has 31 heavy (non-hydrogen) atoms. The summed E-state index contributed by atoms with van der Waals surface area (Å²) in [5.41, 5.74) is 3.41. The summed E-state index contributed by atoms with van der Waals surface area (Å²) in [5, 5.41) is 5.88. The van der Waals surface area contributed by atoms with Crippen molar-refractivity contribution in [1.29, 1.82) is 0 Å². The van der Waals surface area contributed by atoms with Crippen LogP contribution in [0.15, 0.2) is 48.5 Å². The minimum Gasteiger partial charge on any atom is -0.379 e. The zero-order valence-corrected chi connectivity index (χ0v) is 18.7. The minimum atomic E-state index is -0.597. The standard InChI is InChI=1S/C25H33N3O3/c1-18(2)16-23(27-24(29)22-7-5-4-6-19(22)3)25(30)26-21-10-8-20(9-11-21)17-28-12-14-31-15-13-28/h4-11,18,23H,12-17H2,1-3H3,(H,26,30)(H,27,29)/t23-/m1/s1. The summed E-state index contributed by atoms with van der Waals surface area (Å²) in [5.74, 6) is -0.153. The Morgan fingerprint density at radius 1 is 1.03 bits per heavy atom. The third kappa shape index (κ3) is 6.91. The van der Waals surface area contributed by atoms with Gasteiger partial charge in [0.15, 0.2) is 0 Å². The van der Waals surface area contributed by atoms with Gasteiger partial charge in [-0.2, -0.15) is 0 Å². The van der Waals surface area contributed by atoms with Crippen LogP contribution in [0.3, 0.4) is 0 Å². The predicted molar refractivity (Wildman–Crippen MR) is 123 cm³/mol. The highest BCUT2D eigenvalue weighted by molar-refractivity contribution is 6.01. The Labute approximate surface area is 185 Å². The Balaban J connectivity index is 1.62. The van der Waals surface area contributed by atoms with E-state index in [4.69, 9.17) is 4.74 Å². The number of aryl methyl sites for hydroxylation is 1. The van der Waals surface area contributed by atoms with Gasteiger partial charge in [0, 0.05) is 30.9 Å². The Kier molecular flexibility index (Phi) is 8.20. The number of anilines is 1. The van der Waals surface area contributed by atoms with Gasteiger partial charge in [-0.15, -0.1) is 0 Å². The SMILES string of the molecule is Cc1ccccc1C(=O)N[C@H](CC(C)C)C(=O)Nc1ccc(CN2CCOCC2)cc1. The lowest BCUT2D eigenvalue weighted by Gasteiger charge is -2.26. The highest BCUT2D eigenvalue weighted by atomic mass is 16.5. The largest absolute Gasteiger partial charge is 0.379 e. The lowest BCUT2D eigenvalue weighted by Crippen LogP contribution is -2.44. The van der Waals surface area contributed by atoms with Gasteiger partial charge in [0.1, 0.15) is 6.04 Å². The molecule has 1 aliphatic heterocycles. The second-order valence-corrected chi connectivity index (χ2v) is 8.55. The molecule has 0 spiro atoms. The summed E-state index contributed by atoms with van der Waals surface area (Å²) in [4.78, 5) is 28.1. The number of ether oxygens (including phenoxy) is 1. The predicted octanol–water partition coefficient (Wildman–Crippen LogP) is 3.61. The zero-order chi connectivity index (χ0) is 22.2. The number of hydrogen-bond donors (Lipinski definition) is 2. The fourth-order valence-electron chi connectivity index (χ4n) is 3.71. The van der Waals surface area contributed by atoms with Crippen molar-refractivity contribution < 1.29 is 14.3 Å². The van der Waals surface area contributed by atoms with Gasteiger partial charge in [0.2, 0.25) is 5.91 Å². The maximum Gasteiger partial charge on any atom is 0.252 e. The van der Waals surface area contributed by atoms with Crippen molar-refractivity contribution in [3.63, 3.8) is 0 Å².